The van der Waals surface area contributed by atoms with Gasteiger partial charge in [-0.1, -0.05) is 20.8 Å². The second kappa shape index (κ2) is 3.62. The molecule has 2 saturated carbocycles. The summed E-state index contributed by atoms with van der Waals surface area (Å²) in [6.45, 7) is 7.12. The Morgan fingerprint density at radius 1 is 1.38 bits per heavy atom. The molecule has 3 atom stereocenters. The minimum absolute atomic E-state index is 0.333. The van der Waals surface area contributed by atoms with Crippen molar-refractivity contribution >= 4 is 5.96 Å². The van der Waals surface area contributed by atoms with Crippen molar-refractivity contribution in [3.05, 3.63) is 0 Å². The van der Waals surface area contributed by atoms with E-state index in [4.69, 9.17) is 5.84 Å². The van der Waals surface area contributed by atoms with Crippen molar-refractivity contribution < 1.29 is 0 Å². The van der Waals surface area contributed by atoms with Crippen molar-refractivity contribution in [3.8, 4) is 0 Å². The van der Waals surface area contributed by atoms with Crippen molar-refractivity contribution in [1.82, 2.24) is 10.7 Å². The van der Waals surface area contributed by atoms with Gasteiger partial charge in [-0.2, -0.15) is 0 Å². The van der Waals surface area contributed by atoms with Crippen LogP contribution in [0.5, 0.6) is 0 Å². The van der Waals surface area contributed by atoms with Crippen molar-refractivity contribution in [1.29, 1.82) is 0 Å². The highest BCUT2D eigenvalue weighted by molar-refractivity contribution is 5.79. The number of guanidine groups is 1. The molecule has 2 aliphatic carbocycles. The van der Waals surface area contributed by atoms with Gasteiger partial charge in [-0.3, -0.25) is 10.4 Å². The molecule has 0 aliphatic heterocycles. The third-order valence-electron chi connectivity index (χ3n) is 4.91. The van der Waals surface area contributed by atoms with Crippen LogP contribution in [0.1, 0.15) is 40.0 Å². The van der Waals surface area contributed by atoms with E-state index in [9.17, 15) is 0 Å². The first-order valence-corrected chi connectivity index (χ1v) is 6.14. The van der Waals surface area contributed by atoms with Gasteiger partial charge in [0.15, 0.2) is 0 Å². The smallest absolute Gasteiger partial charge is 0.205 e. The predicted octanol–water partition coefficient (Wildman–Crippen LogP) is 1.24. The molecular weight excluding hydrogens is 200 g/mol. The summed E-state index contributed by atoms with van der Waals surface area (Å²) in [5, 5.41) is 3.49. The standard InChI is InChI=1S/C12H24N4/c1-11(2)8-5-6-12(3,7-8)9(11)15-10(14-4)16-13/h8-9H,5-7,13H2,1-4H3,(H2,14,15,16). The quantitative estimate of drug-likeness (QED) is 0.272. The van der Waals surface area contributed by atoms with Gasteiger partial charge in [0, 0.05) is 13.1 Å². The second-order valence-electron chi connectivity index (χ2n) is 6.21. The fourth-order valence-corrected chi connectivity index (χ4v) is 3.97. The maximum Gasteiger partial charge on any atom is 0.205 e. The van der Waals surface area contributed by atoms with Crippen LogP contribution in [0.15, 0.2) is 4.99 Å². The third kappa shape index (κ3) is 1.51. The predicted molar refractivity (Wildman–Crippen MR) is 66.8 cm³/mol. The largest absolute Gasteiger partial charge is 0.352 e. The number of nitrogens with zero attached hydrogens (tertiary/aromatic N) is 1. The number of hydrazine groups is 1. The second-order valence-corrected chi connectivity index (χ2v) is 6.21. The van der Waals surface area contributed by atoms with E-state index in [-0.39, 0.29) is 0 Å². The number of hydrogen-bond acceptors (Lipinski definition) is 2. The van der Waals surface area contributed by atoms with Crippen LogP contribution < -0.4 is 16.6 Å². The lowest BCUT2D eigenvalue weighted by molar-refractivity contribution is 0.124. The summed E-state index contributed by atoms with van der Waals surface area (Å²) in [5.74, 6) is 6.99. The molecule has 2 bridgehead atoms. The van der Waals surface area contributed by atoms with Crippen LogP contribution in [0.2, 0.25) is 0 Å². The zero-order valence-corrected chi connectivity index (χ0v) is 10.8. The summed E-state index contributed by atoms with van der Waals surface area (Å²) in [5.41, 5.74) is 3.37. The molecule has 4 heteroatoms. The van der Waals surface area contributed by atoms with E-state index in [0.717, 1.165) is 5.92 Å². The monoisotopic (exact) mass is 224 g/mol. The first-order chi connectivity index (χ1) is 7.44. The number of hydrogen-bond donors (Lipinski definition) is 3. The van der Waals surface area contributed by atoms with Crippen molar-refractivity contribution in [3.63, 3.8) is 0 Å². The average Bonchev–Trinajstić information content (AvgIpc) is 2.69. The molecule has 16 heavy (non-hydrogen) atoms. The van der Waals surface area contributed by atoms with Crippen LogP contribution in [-0.2, 0) is 0 Å². The number of fused-ring (bicyclic) bond motifs is 2. The lowest BCUT2D eigenvalue weighted by Gasteiger charge is -2.43. The van der Waals surface area contributed by atoms with E-state index >= 15 is 0 Å². The van der Waals surface area contributed by atoms with E-state index in [2.05, 4.69) is 36.5 Å². The van der Waals surface area contributed by atoms with Gasteiger partial charge in [0.05, 0.1) is 0 Å². The van der Waals surface area contributed by atoms with E-state index in [1.165, 1.54) is 19.3 Å². The molecule has 92 valence electrons. The molecule has 0 heterocycles. The molecule has 0 aromatic carbocycles. The molecular formula is C12H24N4. The summed E-state index contributed by atoms with van der Waals surface area (Å²) in [4.78, 5) is 4.12. The molecule has 3 unspecified atom stereocenters. The van der Waals surface area contributed by atoms with Crippen molar-refractivity contribution in [2.24, 2.45) is 27.6 Å². The Hall–Kier alpha value is -0.770. The van der Waals surface area contributed by atoms with Gasteiger partial charge in [0.25, 0.3) is 0 Å². The van der Waals surface area contributed by atoms with E-state index < -0.39 is 0 Å². The van der Waals surface area contributed by atoms with Crippen LogP contribution in [0.3, 0.4) is 0 Å². The van der Waals surface area contributed by atoms with Gasteiger partial charge in [0.1, 0.15) is 0 Å². The van der Waals surface area contributed by atoms with E-state index in [0.29, 0.717) is 22.8 Å². The molecule has 0 amide bonds. The molecule has 0 aromatic heterocycles. The summed E-state index contributed by atoms with van der Waals surface area (Å²) in [6.07, 6.45) is 4.02. The summed E-state index contributed by atoms with van der Waals surface area (Å²) in [7, 11) is 1.75. The van der Waals surface area contributed by atoms with Crippen LogP contribution >= 0.6 is 0 Å². The molecule has 4 N–H and O–H groups in total. The SMILES string of the molecule is CN=C(NN)NC1C2(C)CCC(C2)C1(C)C. The number of nitrogens with one attached hydrogen (secondary N) is 2. The Balaban J connectivity index is 2.20. The fraction of sp³-hybridized carbons (Fsp3) is 0.917. The summed E-state index contributed by atoms with van der Waals surface area (Å²) < 4.78 is 0. The topological polar surface area (TPSA) is 62.4 Å². The minimum Gasteiger partial charge on any atom is -0.352 e. The Kier molecular flexibility index (Phi) is 2.65. The van der Waals surface area contributed by atoms with Crippen LogP contribution in [0, 0.1) is 16.7 Å². The highest BCUT2D eigenvalue weighted by Crippen LogP contribution is 2.62. The Morgan fingerprint density at radius 2 is 2.06 bits per heavy atom. The fourth-order valence-electron chi connectivity index (χ4n) is 3.97. The lowest BCUT2D eigenvalue weighted by atomic mass is 9.68. The van der Waals surface area contributed by atoms with Crippen molar-refractivity contribution in [2.75, 3.05) is 7.05 Å². The number of aliphatic imine (C=N–C) groups is 1. The van der Waals surface area contributed by atoms with Gasteiger partial charge in [-0.15, -0.1) is 0 Å². The van der Waals surface area contributed by atoms with Gasteiger partial charge in [-0.25, -0.2) is 5.84 Å². The molecule has 0 aromatic rings. The molecule has 0 spiro atoms. The van der Waals surface area contributed by atoms with Gasteiger partial charge in [0.2, 0.25) is 5.96 Å². The number of rotatable bonds is 1. The molecule has 0 saturated heterocycles. The summed E-state index contributed by atoms with van der Waals surface area (Å²) in [6, 6.07) is 0.466. The molecule has 4 nitrogen and oxygen atoms in total. The molecule has 2 aliphatic rings. The lowest BCUT2D eigenvalue weighted by Crippen LogP contribution is -2.56. The Labute approximate surface area is 98.0 Å². The average molecular weight is 224 g/mol. The Morgan fingerprint density at radius 3 is 2.50 bits per heavy atom. The van der Waals surface area contributed by atoms with Crippen LogP contribution in [-0.4, -0.2) is 19.0 Å². The first-order valence-electron chi connectivity index (χ1n) is 6.14. The van der Waals surface area contributed by atoms with E-state index in [1.807, 2.05) is 0 Å². The minimum atomic E-state index is 0.333. The summed E-state index contributed by atoms with van der Waals surface area (Å²) >= 11 is 0. The van der Waals surface area contributed by atoms with Crippen LogP contribution in [0.4, 0.5) is 0 Å². The number of nitrogens with two attached hydrogens (primary N) is 1. The van der Waals surface area contributed by atoms with Gasteiger partial charge in [-0.05, 0) is 36.0 Å². The van der Waals surface area contributed by atoms with Crippen LogP contribution in [0.25, 0.3) is 0 Å². The maximum atomic E-state index is 5.45. The van der Waals surface area contributed by atoms with Crippen molar-refractivity contribution in [2.45, 2.75) is 46.1 Å². The normalized spacial score (nSPS) is 41.2. The third-order valence-corrected chi connectivity index (χ3v) is 4.91. The zero-order chi connectivity index (χ0) is 12.0. The first kappa shape index (κ1) is 11.7. The Bertz CT molecular complexity index is 305. The molecule has 2 fully saturated rings. The highest BCUT2D eigenvalue weighted by atomic mass is 15.3. The van der Waals surface area contributed by atoms with Gasteiger partial charge < -0.3 is 5.32 Å². The zero-order valence-electron chi connectivity index (χ0n) is 10.8. The maximum absolute atomic E-state index is 5.45. The molecule has 2 rings (SSSR count). The van der Waals surface area contributed by atoms with E-state index in [1.54, 1.807) is 7.05 Å². The molecule has 0 radical (unpaired) electrons. The van der Waals surface area contributed by atoms with Gasteiger partial charge >= 0.3 is 0 Å². The highest BCUT2D eigenvalue weighted by Gasteiger charge is 2.59.